The second-order valence-corrected chi connectivity index (χ2v) is 5.62. The summed E-state index contributed by atoms with van der Waals surface area (Å²) in [6, 6.07) is 0.183. The van der Waals surface area contributed by atoms with Crippen molar-refractivity contribution in [3.05, 3.63) is 11.1 Å². The normalized spacial score (nSPS) is 25.4. The van der Waals surface area contributed by atoms with Crippen molar-refractivity contribution in [1.29, 1.82) is 0 Å². The number of rotatable bonds is 2. The molecule has 1 aromatic rings. The number of nitrogens with one attached hydrogen (secondary N) is 1. The molecule has 1 fully saturated rings. The Kier molecular flexibility index (Phi) is 3.56. The summed E-state index contributed by atoms with van der Waals surface area (Å²) < 4.78 is 0. The van der Waals surface area contributed by atoms with Gasteiger partial charge in [0, 0.05) is 23.0 Å². The van der Waals surface area contributed by atoms with Crippen LogP contribution in [0.25, 0.3) is 0 Å². The number of nitrogens with two attached hydrogens (primary N) is 1. The standard InChI is InChI=1S/C11H17N3OS/c1-7-6-13-11(16-7)14-10(15)8-3-2-4-9(12)5-8/h6,8-9H,2-5,12H2,1H3,(H,13,14,15). The van der Waals surface area contributed by atoms with Crippen LogP contribution in [0.1, 0.15) is 30.6 Å². The molecule has 2 rings (SSSR count). The first-order valence-electron chi connectivity index (χ1n) is 5.64. The maximum Gasteiger partial charge on any atom is 0.229 e. The van der Waals surface area contributed by atoms with Crippen molar-refractivity contribution in [3.63, 3.8) is 0 Å². The minimum atomic E-state index is 0.0629. The quantitative estimate of drug-likeness (QED) is 0.828. The van der Waals surface area contributed by atoms with Crippen LogP contribution in [0.4, 0.5) is 5.13 Å². The van der Waals surface area contributed by atoms with Gasteiger partial charge in [0.15, 0.2) is 5.13 Å². The Labute approximate surface area is 99.3 Å². The number of hydrogen-bond acceptors (Lipinski definition) is 4. The highest BCUT2D eigenvalue weighted by Crippen LogP contribution is 2.25. The molecule has 4 nitrogen and oxygen atoms in total. The molecule has 3 N–H and O–H groups in total. The second kappa shape index (κ2) is 4.93. The van der Waals surface area contributed by atoms with Crippen molar-refractivity contribution in [1.82, 2.24) is 4.98 Å². The number of amides is 1. The van der Waals surface area contributed by atoms with Crippen LogP contribution in [0.3, 0.4) is 0 Å². The van der Waals surface area contributed by atoms with Crippen molar-refractivity contribution in [2.75, 3.05) is 5.32 Å². The van der Waals surface area contributed by atoms with Crippen LogP contribution in [0, 0.1) is 12.8 Å². The Bertz CT molecular complexity index is 377. The van der Waals surface area contributed by atoms with Gasteiger partial charge in [0.25, 0.3) is 0 Å². The van der Waals surface area contributed by atoms with E-state index < -0.39 is 0 Å². The molecule has 1 saturated carbocycles. The summed E-state index contributed by atoms with van der Waals surface area (Å²) in [6.07, 6.45) is 5.61. The first-order valence-corrected chi connectivity index (χ1v) is 6.45. The van der Waals surface area contributed by atoms with Crippen LogP contribution in [-0.4, -0.2) is 16.9 Å². The van der Waals surface area contributed by atoms with Crippen molar-refractivity contribution in [3.8, 4) is 0 Å². The third-order valence-corrected chi connectivity index (χ3v) is 3.77. The molecule has 0 spiro atoms. The molecule has 0 aliphatic heterocycles. The van der Waals surface area contributed by atoms with E-state index in [1.807, 2.05) is 6.92 Å². The predicted molar refractivity (Wildman–Crippen MR) is 65.4 cm³/mol. The van der Waals surface area contributed by atoms with Gasteiger partial charge in [0.1, 0.15) is 0 Å². The average molecular weight is 239 g/mol. The molecule has 1 aliphatic rings. The highest BCUT2D eigenvalue weighted by Gasteiger charge is 2.25. The second-order valence-electron chi connectivity index (χ2n) is 4.39. The first-order chi connectivity index (χ1) is 7.65. The Hall–Kier alpha value is -0.940. The van der Waals surface area contributed by atoms with E-state index in [2.05, 4.69) is 10.3 Å². The molecule has 16 heavy (non-hydrogen) atoms. The Morgan fingerprint density at radius 3 is 3.06 bits per heavy atom. The van der Waals surface area contributed by atoms with Gasteiger partial charge in [-0.25, -0.2) is 4.98 Å². The lowest BCUT2D eigenvalue weighted by Gasteiger charge is -2.25. The van der Waals surface area contributed by atoms with E-state index >= 15 is 0 Å². The SMILES string of the molecule is Cc1cnc(NC(=O)C2CCCC(N)C2)s1. The largest absolute Gasteiger partial charge is 0.328 e. The lowest BCUT2D eigenvalue weighted by atomic mass is 9.86. The van der Waals surface area contributed by atoms with E-state index in [0.29, 0.717) is 5.13 Å². The highest BCUT2D eigenvalue weighted by atomic mass is 32.1. The van der Waals surface area contributed by atoms with Crippen LogP contribution in [0.15, 0.2) is 6.20 Å². The molecule has 0 saturated heterocycles. The Morgan fingerprint density at radius 2 is 2.44 bits per heavy atom. The zero-order valence-electron chi connectivity index (χ0n) is 9.40. The van der Waals surface area contributed by atoms with Crippen molar-refractivity contribution in [2.24, 2.45) is 11.7 Å². The molecule has 5 heteroatoms. The summed E-state index contributed by atoms with van der Waals surface area (Å²) in [5.74, 6) is 0.137. The van der Waals surface area contributed by atoms with Crippen LogP contribution < -0.4 is 11.1 Å². The van der Waals surface area contributed by atoms with Gasteiger partial charge in [0.2, 0.25) is 5.91 Å². The molecule has 0 aromatic carbocycles. The molecule has 0 radical (unpaired) electrons. The third-order valence-electron chi connectivity index (χ3n) is 2.94. The summed E-state index contributed by atoms with van der Waals surface area (Å²) in [5.41, 5.74) is 5.87. The molecule has 1 aromatic heterocycles. The fraction of sp³-hybridized carbons (Fsp3) is 0.636. The summed E-state index contributed by atoms with van der Waals surface area (Å²) in [4.78, 5) is 17.2. The van der Waals surface area contributed by atoms with E-state index in [0.717, 1.165) is 30.6 Å². The Morgan fingerprint density at radius 1 is 1.62 bits per heavy atom. The van der Waals surface area contributed by atoms with Crippen LogP contribution in [0.2, 0.25) is 0 Å². The molecule has 2 atom stereocenters. The van der Waals surface area contributed by atoms with Gasteiger partial charge < -0.3 is 11.1 Å². The highest BCUT2D eigenvalue weighted by molar-refractivity contribution is 7.15. The topological polar surface area (TPSA) is 68.0 Å². The van der Waals surface area contributed by atoms with Gasteiger partial charge in [0.05, 0.1) is 0 Å². The number of carbonyl (C=O) groups is 1. The molecule has 1 amide bonds. The van der Waals surface area contributed by atoms with Gasteiger partial charge in [-0.05, 0) is 26.2 Å². The van der Waals surface area contributed by atoms with Crippen molar-refractivity contribution >= 4 is 22.4 Å². The number of aryl methyl sites for hydroxylation is 1. The fourth-order valence-corrected chi connectivity index (χ4v) is 2.75. The number of carbonyl (C=O) groups excluding carboxylic acids is 1. The summed E-state index contributed by atoms with van der Waals surface area (Å²) in [5, 5.41) is 3.56. The molecular formula is C11H17N3OS. The van der Waals surface area contributed by atoms with Crippen molar-refractivity contribution < 1.29 is 4.79 Å². The summed E-state index contributed by atoms with van der Waals surface area (Å²) in [7, 11) is 0. The molecule has 1 aliphatic carbocycles. The summed E-state index contributed by atoms with van der Waals surface area (Å²) >= 11 is 1.51. The van der Waals surface area contributed by atoms with Crippen LogP contribution in [0.5, 0.6) is 0 Å². The lowest BCUT2D eigenvalue weighted by molar-refractivity contribution is -0.120. The fourth-order valence-electron chi connectivity index (χ4n) is 2.09. The molecule has 0 bridgehead atoms. The van der Waals surface area contributed by atoms with E-state index in [9.17, 15) is 4.79 Å². The van der Waals surface area contributed by atoms with Gasteiger partial charge in [-0.2, -0.15) is 0 Å². The molecule has 88 valence electrons. The maximum absolute atomic E-state index is 11.9. The smallest absolute Gasteiger partial charge is 0.229 e. The zero-order chi connectivity index (χ0) is 11.5. The van der Waals surface area contributed by atoms with Gasteiger partial charge in [-0.3, -0.25) is 4.79 Å². The maximum atomic E-state index is 11.9. The zero-order valence-corrected chi connectivity index (χ0v) is 10.2. The van der Waals surface area contributed by atoms with Crippen LogP contribution in [-0.2, 0) is 4.79 Å². The lowest BCUT2D eigenvalue weighted by Crippen LogP contribution is -2.34. The number of nitrogens with zero attached hydrogens (tertiary/aromatic N) is 1. The minimum absolute atomic E-state index is 0.0629. The van der Waals surface area contributed by atoms with E-state index in [-0.39, 0.29) is 17.9 Å². The number of hydrogen-bond donors (Lipinski definition) is 2. The van der Waals surface area contributed by atoms with Gasteiger partial charge >= 0.3 is 0 Å². The minimum Gasteiger partial charge on any atom is -0.328 e. The third kappa shape index (κ3) is 2.80. The number of anilines is 1. The Balaban J connectivity index is 1.92. The summed E-state index contributed by atoms with van der Waals surface area (Å²) in [6.45, 7) is 1.98. The number of aromatic nitrogens is 1. The van der Waals surface area contributed by atoms with E-state index in [1.54, 1.807) is 6.20 Å². The monoisotopic (exact) mass is 239 g/mol. The van der Waals surface area contributed by atoms with E-state index in [1.165, 1.54) is 11.3 Å². The van der Waals surface area contributed by atoms with Gasteiger partial charge in [-0.1, -0.05) is 6.42 Å². The first kappa shape index (κ1) is 11.5. The average Bonchev–Trinajstić information content (AvgIpc) is 2.64. The van der Waals surface area contributed by atoms with Gasteiger partial charge in [-0.15, -0.1) is 11.3 Å². The van der Waals surface area contributed by atoms with E-state index in [4.69, 9.17) is 5.73 Å². The molecule has 1 heterocycles. The molecule has 2 unspecified atom stereocenters. The number of thiazole rings is 1. The molecular weight excluding hydrogens is 222 g/mol. The van der Waals surface area contributed by atoms with Crippen LogP contribution >= 0.6 is 11.3 Å². The predicted octanol–water partition coefficient (Wildman–Crippen LogP) is 1.91. The van der Waals surface area contributed by atoms with Crippen molar-refractivity contribution in [2.45, 2.75) is 38.6 Å².